The van der Waals surface area contributed by atoms with Gasteiger partial charge in [-0.05, 0) is 44.5 Å². The van der Waals surface area contributed by atoms with Gasteiger partial charge in [-0.25, -0.2) is 0 Å². The Labute approximate surface area is 106 Å². The van der Waals surface area contributed by atoms with Gasteiger partial charge in [0.05, 0.1) is 0 Å². The monoisotopic (exact) mass is 234 g/mol. The van der Waals surface area contributed by atoms with Crippen LogP contribution in [0.3, 0.4) is 0 Å². The van der Waals surface area contributed by atoms with Gasteiger partial charge in [0.1, 0.15) is 0 Å². The first-order valence-electron chi connectivity index (χ1n) is 6.63. The van der Waals surface area contributed by atoms with Crippen LogP contribution in [-0.4, -0.2) is 26.7 Å². The number of rotatable bonds is 7. The van der Waals surface area contributed by atoms with Crippen molar-refractivity contribution >= 4 is 5.69 Å². The van der Waals surface area contributed by atoms with Gasteiger partial charge in [0.2, 0.25) is 0 Å². The highest BCUT2D eigenvalue weighted by atomic mass is 15.1. The van der Waals surface area contributed by atoms with Crippen molar-refractivity contribution in [1.82, 2.24) is 5.32 Å². The molecule has 0 amide bonds. The fourth-order valence-corrected chi connectivity index (χ4v) is 2.11. The Morgan fingerprint density at radius 1 is 1.18 bits per heavy atom. The summed E-state index contributed by atoms with van der Waals surface area (Å²) in [6.07, 6.45) is 0. The minimum atomic E-state index is 0.695. The minimum Gasteiger partial charge on any atom is -0.371 e. The second-order valence-corrected chi connectivity index (χ2v) is 4.94. The zero-order valence-electron chi connectivity index (χ0n) is 11.6. The third kappa shape index (κ3) is 4.39. The summed E-state index contributed by atoms with van der Waals surface area (Å²) in [5, 5.41) is 3.30. The molecule has 0 aliphatic heterocycles. The Kier molecular flexibility index (Phi) is 6.06. The molecule has 1 atom stereocenters. The van der Waals surface area contributed by atoms with Crippen molar-refractivity contribution in [2.75, 3.05) is 31.6 Å². The standard InChI is InChI=1S/C15H26N2/c1-5-17(15-9-7-6-8-10-15)12-14(11-16-4)13(2)3/h6-10,13-14,16H,5,11-12H2,1-4H3. The van der Waals surface area contributed by atoms with Crippen molar-refractivity contribution < 1.29 is 0 Å². The molecule has 0 aliphatic rings. The van der Waals surface area contributed by atoms with E-state index in [2.05, 4.69) is 61.3 Å². The molecule has 1 aromatic rings. The fraction of sp³-hybridized carbons (Fsp3) is 0.600. The van der Waals surface area contributed by atoms with Crippen LogP contribution < -0.4 is 10.2 Å². The van der Waals surface area contributed by atoms with Gasteiger partial charge in [-0.2, -0.15) is 0 Å². The second-order valence-electron chi connectivity index (χ2n) is 4.94. The summed E-state index contributed by atoms with van der Waals surface area (Å²) in [5.41, 5.74) is 1.33. The molecule has 0 bridgehead atoms. The van der Waals surface area contributed by atoms with Crippen LogP contribution in [0.25, 0.3) is 0 Å². The van der Waals surface area contributed by atoms with Gasteiger partial charge in [-0.3, -0.25) is 0 Å². The van der Waals surface area contributed by atoms with Crippen LogP contribution in [0, 0.1) is 11.8 Å². The maximum atomic E-state index is 3.30. The van der Waals surface area contributed by atoms with Gasteiger partial charge < -0.3 is 10.2 Å². The Morgan fingerprint density at radius 2 is 1.82 bits per heavy atom. The maximum Gasteiger partial charge on any atom is 0.0366 e. The van der Waals surface area contributed by atoms with Crippen molar-refractivity contribution in [2.45, 2.75) is 20.8 Å². The molecule has 1 N–H and O–H groups in total. The summed E-state index contributed by atoms with van der Waals surface area (Å²) < 4.78 is 0. The highest BCUT2D eigenvalue weighted by Crippen LogP contribution is 2.18. The van der Waals surface area contributed by atoms with E-state index >= 15 is 0 Å². The molecule has 0 heterocycles. The molecule has 1 unspecified atom stereocenters. The minimum absolute atomic E-state index is 0.695. The summed E-state index contributed by atoms with van der Waals surface area (Å²) in [5.74, 6) is 1.40. The number of hydrogen-bond donors (Lipinski definition) is 1. The van der Waals surface area contributed by atoms with Gasteiger partial charge in [0.15, 0.2) is 0 Å². The van der Waals surface area contributed by atoms with Crippen molar-refractivity contribution in [2.24, 2.45) is 11.8 Å². The second kappa shape index (κ2) is 7.33. The fourth-order valence-electron chi connectivity index (χ4n) is 2.11. The van der Waals surface area contributed by atoms with E-state index in [4.69, 9.17) is 0 Å². The smallest absolute Gasteiger partial charge is 0.0366 e. The maximum absolute atomic E-state index is 3.30. The highest BCUT2D eigenvalue weighted by Gasteiger charge is 2.16. The molecular formula is C15H26N2. The topological polar surface area (TPSA) is 15.3 Å². The van der Waals surface area contributed by atoms with Crippen LogP contribution in [-0.2, 0) is 0 Å². The molecule has 0 fully saturated rings. The van der Waals surface area contributed by atoms with Gasteiger partial charge in [0, 0.05) is 18.8 Å². The number of para-hydroxylation sites is 1. The van der Waals surface area contributed by atoms with E-state index in [1.165, 1.54) is 5.69 Å². The van der Waals surface area contributed by atoms with E-state index in [0.717, 1.165) is 19.6 Å². The average molecular weight is 234 g/mol. The molecule has 0 radical (unpaired) electrons. The number of hydrogen-bond acceptors (Lipinski definition) is 2. The molecule has 2 heteroatoms. The molecule has 2 nitrogen and oxygen atoms in total. The summed E-state index contributed by atoms with van der Waals surface area (Å²) in [6.45, 7) is 10.1. The third-order valence-electron chi connectivity index (χ3n) is 3.37. The van der Waals surface area contributed by atoms with E-state index < -0.39 is 0 Å². The van der Waals surface area contributed by atoms with E-state index in [9.17, 15) is 0 Å². The van der Waals surface area contributed by atoms with Crippen molar-refractivity contribution in [3.63, 3.8) is 0 Å². The molecule has 96 valence electrons. The first-order valence-corrected chi connectivity index (χ1v) is 6.63. The first kappa shape index (κ1) is 14.0. The molecule has 0 aliphatic carbocycles. The molecule has 0 saturated carbocycles. The molecule has 1 rings (SSSR count). The Bertz CT molecular complexity index is 295. The van der Waals surface area contributed by atoms with E-state index in [1.54, 1.807) is 0 Å². The zero-order valence-corrected chi connectivity index (χ0v) is 11.6. The van der Waals surface area contributed by atoms with Crippen molar-refractivity contribution in [3.05, 3.63) is 30.3 Å². The molecule has 0 saturated heterocycles. The summed E-state index contributed by atoms with van der Waals surface area (Å²) in [7, 11) is 2.04. The lowest BCUT2D eigenvalue weighted by Crippen LogP contribution is -2.36. The van der Waals surface area contributed by atoms with Crippen LogP contribution in [0.1, 0.15) is 20.8 Å². The Hall–Kier alpha value is -1.02. The molecular weight excluding hydrogens is 208 g/mol. The van der Waals surface area contributed by atoms with Gasteiger partial charge in [0.25, 0.3) is 0 Å². The molecule has 0 spiro atoms. The largest absolute Gasteiger partial charge is 0.371 e. The predicted molar refractivity (Wildman–Crippen MR) is 76.6 cm³/mol. The van der Waals surface area contributed by atoms with Crippen molar-refractivity contribution in [1.29, 1.82) is 0 Å². The lowest BCUT2D eigenvalue weighted by atomic mass is 9.95. The molecule has 0 aromatic heterocycles. The normalized spacial score (nSPS) is 12.8. The lowest BCUT2D eigenvalue weighted by Gasteiger charge is -2.30. The number of nitrogens with one attached hydrogen (secondary N) is 1. The Balaban J connectivity index is 2.68. The Morgan fingerprint density at radius 3 is 2.29 bits per heavy atom. The molecule has 1 aromatic carbocycles. The van der Waals surface area contributed by atoms with Crippen LogP contribution in [0.4, 0.5) is 5.69 Å². The zero-order chi connectivity index (χ0) is 12.7. The SMILES string of the molecule is CCN(CC(CNC)C(C)C)c1ccccc1. The van der Waals surface area contributed by atoms with Crippen LogP contribution >= 0.6 is 0 Å². The predicted octanol–water partition coefficient (Wildman–Crippen LogP) is 3.00. The summed E-state index contributed by atoms with van der Waals surface area (Å²) in [6, 6.07) is 10.7. The quantitative estimate of drug-likeness (QED) is 0.780. The number of anilines is 1. The van der Waals surface area contributed by atoms with Crippen LogP contribution in [0.15, 0.2) is 30.3 Å². The average Bonchev–Trinajstić information content (AvgIpc) is 2.35. The number of benzene rings is 1. The summed E-state index contributed by atoms with van der Waals surface area (Å²) in [4.78, 5) is 2.46. The number of nitrogens with zero attached hydrogens (tertiary/aromatic N) is 1. The van der Waals surface area contributed by atoms with E-state index in [1.807, 2.05) is 7.05 Å². The van der Waals surface area contributed by atoms with Crippen LogP contribution in [0.5, 0.6) is 0 Å². The highest BCUT2D eigenvalue weighted by molar-refractivity contribution is 5.45. The van der Waals surface area contributed by atoms with Gasteiger partial charge in [-0.1, -0.05) is 32.0 Å². The van der Waals surface area contributed by atoms with E-state index in [0.29, 0.717) is 11.8 Å². The van der Waals surface area contributed by atoms with Gasteiger partial charge >= 0.3 is 0 Å². The van der Waals surface area contributed by atoms with Crippen molar-refractivity contribution in [3.8, 4) is 0 Å². The van der Waals surface area contributed by atoms with Gasteiger partial charge in [-0.15, -0.1) is 0 Å². The third-order valence-corrected chi connectivity index (χ3v) is 3.37. The first-order chi connectivity index (χ1) is 8.19. The summed E-state index contributed by atoms with van der Waals surface area (Å²) >= 11 is 0. The van der Waals surface area contributed by atoms with E-state index in [-0.39, 0.29) is 0 Å². The lowest BCUT2D eigenvalue weighted by molar-refractivity contribution is 0.373. The molecule has 17 heavy (non-hydrogen) atoms. The van der Waals surface area contributed by atoms with Crippen LogP contribution in [0.2, 0.25) is 0 Å².